The molecule has 1 heterocycles. The van der Waals surface area contributed by atoms with E-state index < -0.39 is 9.84 Å². The Morgan fingerprint density at radius 2 is 1.94 bits per heavy atom. The van der Waals surface area contributed by atoms with Gasteiger partial charge in [-0.15, -0.1) is 0 Å². The number of sulfone groups is 1. The van der Waals surface area contributed by atoms with E-state index in [2.05, 4.69) is 5.32 Å². The summed E-state index contributed by atoms with van der Waals surface area (Å²) in [7, 11) is -2.83. The minimum atomic E-state index is -2.83. The Balaban J connectivity index is 1.97. The zero-order valence-corrected chi connectivity index (χ0v) is 10.4. The first-order chi connectivity index (χ1) is 7.55. The number of rotatable bonds is 3. The summed E-state index contributed by atoms with van der Waals surface area (Å²) >= 11 is 0. The highest BCUT2D eigenvalue weighted by molar-refractivity contribution is 7.91. The molecule has 0 radical (unpaired) electrons. The second kappa shape index (κ2) is 4.63. The minimum Gasteiger partial charge on any atom is -0.394 e. The van der Waals surface area contributed by atoms with Gasteiger partial charge in [0.25, 0.3) is 0 Å². The van der Waals surface area contributed by atoms with Gasteiger partial charge < -0.3 is 10.4 Å². The molecule has 2 rings (SSSR count). The number of hydrogen-bond acceptors (Lipinski definition) is 4. The van der Waals surface area contributed by atoms with Crippen LogP contribution in [-0.4, -0.2) is 43.2 Å². The first-order valence-corrected chi connectivity index (χ1v) is 7.96. The highest BCUT2D eigenvalue weighted by atomic mass is 32.2. The summed E-state index contributed by atoms with van der Waals surface area (Å²) in [4.78, 5) is 0. The Labute approximate surface area is 97.3 Å². The molecular weight excluding hydrogens is 226 g/mol. The van der Waals surface area contributed by atoms with E-state index in [1.165, 1.54) is 6.42 Å². The van der Waals surface area contributed by atoms with Gasteiger partial charge in [-0.2, -0.15) is 0 Å². The lowest BCUT2D eigenvalue weighted by Gasteiger charge is -2.38. The fraction of sp³-hybridized carbons (Fsp3) is 1.00. The molecule has 1 aliphatic carbocycles. The smallest absolute Gasteiger partial charge is 0.151 e. The number of aliphatic hydroxyl groups is 1. The van der Waals surface area contributed by atoms with Crippen molar-refractivity contribution in [3.63, 3.8) is 0 Å². The van der Waals surface area contributed by atoms with Crippen LogP contribution in [0.25, 0.3) is 0 Å². The topological polar surface area (TPSA) is 66.4 Å². The minimum absolute atomic E-state index is 0.0512. The van der Waals surface area contributed by atoms with Crippen LogP contribution in [0, 0.1) is 0 Å². The maximum absolute atomic E-state index is 11.4. The lowest BCUT2D eigenvalue weighted by atomic mass is 9.81. The standard InChI is InChI=1S/C11H21NO3S/c13-9-11(5-2-1-3-6-11)12-10-4-7-16(14,15)8-10/h10,12-13H,1-9H2. The van der Waals surface area contributed by atoms with E-state index in [1.807, 2.05) is 0 Å². The molecule has 1 atom stereocenters. The Morgan fingerprint density at radius 3 is 2.44 bits per heavy atom. The van der Waals surface area contributed by atoms with Gasteiger partial charge in [-0.25, -0.2) is 8.42 Å². The Hall–Kier alpha value is -0.130. The monoisotopic (exact) mass is 247 g/mol. The maximum Gasteiger partial charge on any atom is 0.151 e. The van der Waals surface area contributed by atoms with Crippen molar-refractivity contribution in [2.75, 3.05) is 18.1 Å². The summed E-state index contributed by atoms with van der Waals surface area (Å²) in [6, 6.07) is 0.0512. The van der Waals surface area contributed by atoms with Crippen molar-refractivity contribution in [1.29, 1.82) is 0 Å². The molecule has 0 aromatic heterocycles. The van der Waals surface area contributed by atoms with Gasteiger partial charge in [0.15, 0.2) is 9.84 Å². The molecule has 2 N–H and O–H groups in total. The summed E-state index contributed by atoms with van der Waals surface area (Å²) in [5.41, 5.74) is -0.206. The SMILES string of the molecule is O=S1(=O)CCC(NC2(CO)CCCCC2)C1. The molecule has 0 bridgehead atoms. The summed E-state index contributed by atoms with van der Waals surface area (Å²) < 4.78 is 22.7. The van der Waals surface area contributed by atoms with Gasteiger partial charge >= 0.3 is 0 Å². The second-order valence-electron chi connectivity index (χ2n) is 5.24. The van der Waals surface area contributed by atoms with Crippen LogP contribution >= 0.6 is 0 Å². The van der Waals surface area contributed by atoms with Crippen molar-refractivity contribution in [3.05, 3.63) is 0 Å². The molecule has 5 heteroatoms. The van der Waals surface area contributed by atoms with Gasteiger partial charge in [0.1, 0.15) is 0 Å². The predicted octanol–water partition coefficient (Wildman–Crippen LogP) is 0.458. The summed E-state index contributed by atoms with van der Waals surface area (Å²) in [6.07, 6.45) is 6.14. The largest absolute Gasteiger partial charge is 0.394 e. The number of aliphatic hydroxyl groups excluding tert-OH is 1. The normalized spacial score (nSPS) is 32.7. The quantitative estimate of drug-likeness (QED) is 0.760. The van der Waals surface area contributed by atoms with Gasteiger partial charge in [-0.05, 0) is 19.3 Å². The van der Waals surface area contributed by atoms with E-state index in [9.17, 15) is 13.5 Å². The van der Waals surface area contributed by atoms with E-state index in [0.29, 0.717) is 12.2 Å². The van der Waals surface area contributed by atoms with Gasteiger partial charge in [-0.1, -0.05) is 19.3 Å². The van der Waals surface area contributed by atoms with Crippen LogP contribution in [0.4, 0.5) is 0 Å². The van der Waals surface area contributed by atoms with Gasteiger partial charge in [0, 0.05) is 11.6 Å². The third-order valence-corrected chi connectivity index (χ3v) is 5.62. The molecule has 16 heavy (non-hydrogen) atoms. The molecule has 1 saturated carbocycles. The van der Waals surface area contributed by atoms with Crippen LogP contribution in [0.5, 0.6) is 0 Å². The third-order valence-electron chi connectivity index (χ3n) is 3.86. The molecule has 2 fully saturated rings. The van der Waals surface area contributed by atoms with Gasteiger partial charge in [0.2, 0.25) is 0 Å². The Morgan fingerprint density at radius 1 is 1.25 bits per heavy atom. The van der Waals surface area contributed by atoms with Crippen LogP contribution in [0.1, 0.15) is 38.5 Å². The average molecular weight is 247 g/mol. The van der Waals surface area contributed by atoms with Crippen LogP contribution in [0.3, 0.4) is 0 Å². The maximum atomic E-state index is 11.4. The molecule has 2 aliphatic rings. The first-order valence-electron chi connectivity index (χ1n) is 6.14. The highest BCUT2D eigenvalue weighted by Gasteiger charge is 2.37. The zero-order valence-electron chi connectivity index (χ0n) is 9.61. The van der Waals surface area contributed by atoms with E-state index in [4.69, 9.17) is 0 Å². The average Bonchev–Trinajstić information content (AvgIpc) is 2.59. The Bertz CT molecular complexity index is 333. The van der Waals surface area contributed by atoms with Crippen molar-refractivity contribution in [2.45, 2.75) is 50.1 Å². The van der Waals surface area contributed by atoms with E-state index in [1.54, 1.807) is 0 Å². The van der Waals surface area contributed by atoms with E-state index in [0.717, 1.165) is 25.7 Å². The fourth-order valence-corrected chi connectivity index (χ4v) is 4.59. The van der Waals surface area contributed by atoms with Crippen molar-refractivity contribution in [1.82, 2.24) is 5.32 Å². The van der Waals surface area contributed by atoms with Gasteiger partial charge in [0.05, 0.1) is 18.1 Å². The fourth-order valence-electron chi connectivity index (χ4n) is 2.92. The molecule has 1 aliphatic heterocycles. The van der Waals surface area contributed by atoms with Crippen molar-refractivity contribution in [2.24, 2.45) is 0 Å². The molecule has 94 valence electrons. The van der Waals surface area contributed by atoms with Crippen LogP contribution in [0.2, 0.25) is 0 Å². The van der Waals surface area contributed by atoms with Crippen molar-refractivity contribution >= 4 is 9.84 Å². The van der Waals surface area contributed by atoms with E-state index in [-0.39, 0.29) is 23.9 Å². The molecule has 0 spiro atoms. The molecule has 4 nitrogen and oxygen atoms in total. The third kappa shape index (κ3) is 2.76. The Kier molecular flexibility index (Phi) is 3.56. The summed E-state index contributed by atoms with van der Waals surface area (Å²) in [5, 5.41) is 12.9. The summed E-state index contributed by atoms with van der Waals surface area (Å²) in [5.74, 6) is 0.543. The van der Waals surface area contributed by atoms with Crippen LogP contribution in [0.15, 0.2) is 0 Å². The molecular formula is C11H21NO3S. The highest BCUT2D eigenvalue weighted by Crippen LogP contribution is 2.29. The van der Waals surface area contributed by atoms with Gasteiger partial charge in [-0.3, -0.25) is 0 Å². The molecule has 0 amide bonds. The van der Waals surface area contributed by atoms with Crippen LogP contribution < -0.4 is 5.32 Å². The zero-order chi connectivity index (χ0) is 11.6. The van der Waals surface area contributed by atoms with Crippen LogP contribution in [-0.2, 0) is 9.84 Å². The molecule has 0 aromatic carbocycles. The lowest BCUT2D eigenvalue weighted by Crippen LogP contribution is -2.54. The summed E-state index contributed by atoms with van der Waals surface area (Å²) in [6.45, 7) is 0.129. The number of hydrogen-bond donors (Lipinski definition) is 2. The molecule has 1 unspecified atom stereocenters. The first kappa shape index (κ1) is 12.3. The van der Waals surface area contributed by atoms with E-state index >= 15 is 0 Å². The predicted molar refractivity (Wildman–Crippen MR) is 63.1 cm³/mol. The second-order valence-corrected chi connectivity index (χ2v) is 7.47. The lowest BCUT2D eigenvalue weighted by molar-refractivity contribution is 0.111. The number of nitrogens with one attached hydrogen (secondary N) is 1. The van der Waals surface area contributed by atoms with Crippen molar-refractivity contribution < 1.29 is 13.5 Å². The molecule has 0 aromatic rings. The molecule has 1 saturated heterocycles. The van der Waals surface area contributed by atoms with Crippen molar-refractivity contribution in [3.8, 4) is 0 Å².